The number of fused-ring (bicyclic) bond motifs is 1. The lowest BCUT2D eigenvalue weighted by Gasteiger charge is -2.03. The predicted molar refractivity (Wildman–Crippen MR) is 56.1 cm³/mol. The van der Waals surface area contributed by atoms with Gasteiger partial charge >= 0.3 is 0 Å². The molecule has 0 radical (unpaired) electrons. The molecule has 0 saturated heterocycles. The minimum Gasteiger partial charge on any atom is -0.354 e. The Labute approximate surface area is 82.0 Å². The van der Waals surface area contributed by atoms with Gasteiger partial charge in [0.2, 0.25) is 5.95 Å². The Hall–Kier alpha value is -1.62. The molecule has 2 aromatic heterocycles. The second kappa shape index (κ2) is 3.63. The zero-order chi connectivity index (χ0) is 9.97. The van der Waals surface area contributed by atoms with E-state index in [-0.39, 0.29) is 0 Å². The summed E-state index contributed by atoms with van der Waals surface area (Å²) in [5.74, 6) is 0.832. The zero-order valence-electron chi connectivity index (χ0n) is 8.07. The molecule has 2 aromatic rings. The standard InChI is InChI=1S/C9H13N5/c1-14-8-6-11-4-2-7(8)13-9(14)12-5-3-10/h2,4,6H,3,5,10H2,1H3,(H,12,13). The van der Waals surface area contributed by atoms with Gasteiger partial charge in [0, 0.05) is 26.3 Å². The molecule has 0 spiro atoms. The number of anilines is 1. The second-order valence-corrected chi connectivity index (χ2v) is 3.07. The summed E-state index contributed by atoms with van der Waals surface area (Å²) < 4.78 is 1.97. The molecule has 0 atom stereocenters. The third-order valence-electron chi connectivity index (χ3n) is 2.11. The Morgan fingerprint density at radius 3 is 3.14 bits per heavy atom. The van der Waals surface area contributed by atoms with E-state index in [4.69, 9.17) is 5.73 Å². The first-order valence-corrected chi connectivity index (χ1v) is 4.53. The molecule has 0 aliphatic heterocycles. The molecule has 0 fully saturated rings. The molecule has 0 bridgehead atoms. The van der Waals surface area contributed by atoms with Gasteiger partial charge in [0.25, 0.3) is 0 Å². The van der Waals surface area contributed by atoms with E-state index in [0.29, 0.717) is 6.54 Å². The fraction of sp³-hybridized carbons (Fsp3) is 0.333. The molecule has 0 unspecified atom stereocenters. The third-order valence-corrected chi connectivity index (χ3v) is 2.11. The van der Waals surface area contributed by atoms with Crippen molar-refractivity contribution in [3.05, 3.63) is 18.5 Å². The van der Waals surface area contributed by atoms with Crippen LogP contribution in [0.4, 0.5) is 5.95 Å². The molecule has 14 heavy (non-hydrogen) atoms. The Morgan fingerprint density at radius 1 is 1.57 bits per heavy atom. The lowest BCUT2D eigenvalue weighted by Crippen LogP contribution is -2.15. The summed E-state index contributed by atoms with van der Waals surface area (Å²) >= 11 is 0. The summed E-state index contributed by atoms with van der Waals surface area (Å²) in [7, 11) is 1.95. The number of hydrogen-bond donors (Lipinski definition) is 2. The van der Waals surface area contributed by atoms with Gasteiger partial charge in [-0.2, -0.15) is 0 Å². The maximum atomic E-state index is 5.41. The van der Waals surface area contributed by atoms with Crippen LogP contribution in [0.5, 0.6) is 0 Å². The summed E-state index contributed by atoms with van der Waals surface area (Å²) in [5.41, 5.74) is 7.38. The van der Waals surface area contributed by atoms with Gasteiger partial charge in [0.15, 0.2) is 0 Å². The first kappa shape index (κ1) is 8.96. The van der Waals surface area contributed by atoms with Gasteiger partial charge in [-0.25, -0.2) is 4.98 Å². The summed E-state index contributed by atoms with van der Waals surface area (Å²) in [5, 5.41) is 3.15. The highest BCUT2D eigenvalue weighted by Gasteiger charge is 2.05. The molecule has 0 saturated carbocycles. The highest BCUT2D eigenvalue weighted by Crippen LogP contribution is 2.15. The molecule has 5 heteroatoms. The average molecular weight is 191 g/mol. The number of nitrogens with one attached hydrogen (secondary N) is 1. The van der Waals surface area contributed by atoms with Crippen LogP contribution in [-0.4, -0.2) is 27.6 Å². The minimum atomic E-state index is 0.599. The Kier molecular flexibility index (Phi) is 2.32. The highest BCUT2D eigenvalue weighted by molar-refractivity contribution is 5.77. The summed E-state index contributed by atoms with van der Waals surface area (Å²) in [6.07, 6.45) is 3.54. The summed E-state index contributed by atoms with van der Waals surface area (Å²) in [6, 6.07) is 1.89. The Balaban J connectivity index is 2.41. The van der Waals surface area contributed by atoms with Crippen molar-refractivity contribution in [3.8, 4) is 0 Å². The van der Waals surface area contributed by atoms with Gasteiger partial charge in [-0.1, -0.05) is 0 Å². The number of nitrogens with zero attached hydrogens (tertiary/aromatic N) is 3. The van der Waals surface area contributed by atoms with E-state index in [1.807, 2.05) is 17.7 Å². The van der Waals surface area contributed by atoms with E-state index >= 15 is 0 Å². The summed E-state index contributed by atoms with van der Waals surface area (Å²) in [4.78, 5) is 8.46. The van der Waals surface area contributed by atoms with Gasteiger partial charge in [-0.05, 0) is 6.07 Å². The number of aromatic nitrogens is 3. The fourth-order valence-corrected chi connectivity index (χ4v) is 1.38. The molecule has 0 aliphatic rings. The van der Waals surface area contributed by atoms with E-state index < -0.39 is 0 Å². The van der Waals surface area contributed by atoms with Crippen LogP contribution in [0, 0.1) is 0 Å². The van der Waals surface area contributed by atoms with Crippen LogP contribution in [0.15, 0.2) is 18.5 Å². The van der Waals surface area contributed by atoms with E-state index in [1.54, 1.807) is 12.4 Å². The molecule has 0 aliphatic carbocycles. The molecule has 2 rings (SSSR count). The smallest absolute Gasteiger partial charge is 0.203 e. The largest absolute Gasteiger partial charge is 0.354 e. The van der Waals surface area contributed by atoms with Gasteiger partial charge in [0.1, 0.15) is 0 Å². The van der Waals surface area contributed by atoms with Crippen molar-refractivity contribution in [2.75, 3.05) is 18.4 Å². The van der Waals surface area contributed by atoms with Crippen molar-refractivity contribution >= 4 is 17.0 Å². The molecule has 5 nitrogen and oxygen atoms in total. The van der Waals surface area contributed by atoms with E-state index in [0.717, 1.165) is 23.5 Å². The van der Waals surface area contributed by atoms with Crippen LogP contribution < -0.4 is 11.1 Å². The minimum absolute atomic E-state index is 0.599. The number of nitrogens with two attached hydrogens (primary N) is 1. The van der Waals surface area contributed by atoms with Gasteiger partial charge in [-0.3, -0.25) is 4.98 Å². The van der Waals surface area contributed by atoms with Crippen molar-refractivity contribution in [1.82, 2.24) is 14.5 Å². The number of hydrogen-bond acceptors (Lipinski definition) is 4. The first-order chi connectivity index (χ1) is 6.83. The normalized spacial score (nSPS) is 10.7. The molecule has 3 N–H and O–H groups in total. The fourth-order valence-electron chi connectivity index (χ4n) is 1.38. The van der Waals surface area contributed by atoms with Crippen LogP contribution in [0.3, 0.4) is 0 Å². The Bertz CT molecular complexity index is 434. The van der Waals surface area contributed by atoms with Crippen LogP contribution in [-0.2, 0) is 7.05 Å². The molecular weight excluding hydrogens is 178 g/mol. The van der Waals surface area contributed by atoms with Gasteiger partial charge in [-0.15, -0.1) is 0 Å². The Morgan fingerprint density at radius 2 is 2.43 bits per heavy atom. The van der Waals surface area contributed by atoms with Crippen molar-refractivity contribution < 1.29 is 0 Å². The predicted octanol–water partition coefficient (Wildman–Crippen LogP) is 0.339. The molecular formula is C9H13N5. The van der Waals surface area contributed by atoms with Crippen LogP contribution in [0.2, 0.25) is 0 Å². The average Bonchev–Trinajstić information content (AvgIpc) is 2.54. The van der Waals surface area contributed by atoms with E-state index in [9.17, 15) is 0 Å². The number of imidazole rings is 1. The topological polar surface area (TPSA) is 68.8 Å². The zero-order valence-corrected chi connectivity index (χ0v) is 8.07. The van der Waals surface area contributed by atoms with Crippen molar-refractivity contribution in [3.63, 3.8) is 0 Å². The number of rotatable bonds is 3. The van der Waals surface area contributed by atoms with Crippen molar-refractivity contribution in [2.45, 2.75) is 0 Å². The maximum Gasteiger partial charge on any atom is 0.203 e. The second-order valence-electron chi connectivity index (χ2n) is 3.07. The van der Waals surface area contributed by atoms with Crippen LogP contribution in [0.25, 0.3) is 11.0 Å². The van der Waals surface area contributed by atoms with E-state index in [2.05, 4.69) is 15.3 Å². The summed E-state index contributed by atoms with van der Waals surface area (Å²) in [6.45, 7) is 1.33. The highest BCUT2D eigenvalue weighted by atomic mass is 15.2. The molecule has 0 amide bonds. The first-order valence-electron chi connectivity index (χ1n) is 4.53. The lowest BCUT2D eigenvalue weighted by molar-refractivity contribution is 0.913. The lowest BCUT2D eigenvalue weighted by atomic mass is 10.4. The van der Waals surface area contributed by atoms with Gasteiger partial charge < -0.3 is 15.6 Å². The molecule has 0 aromatic carbocycles. The monoisotopic (exact) mass is 191 g/mol. The SMILES string of the molecule is Cn1c(NCCN)nc2ccncc21. The molecule has 74 valence electrons. The quantitative estimate of drug-likeness (QED) is 0.734. The van der Waals surface area contributed by atoms with Crippen LogP contribution >= 0.6 is 0 Å². The number of pyridine rings is 1. The third kappa shape index (κ3) is 1.42. The van der Waals surface area contributed by atoms with Crippen molar-refractivity contribution in [1.29, 1.82) is 0 Å². The van der Waals surface area contributed by atoms with Crippen molar-refractivity contribution in [2.24, 2.45) is 12.8 Å². The maximum absolute atomic E-state index is 5.41. The molecule has 2 heterocycles. The van der Waals surface area contributed by atoms with Crippen LogP contribution in [0.1, 0.15) is 0 Å². The number of aryl methyl sites for hydroxylation is 1. The van der Waals surface area contributed by atoms with Gasteiger partial charge in [0.05, 0.1) is 17.2 Å². The van der Waals surface area contributed by atoms with E-state index in [1.165, 1.54) is 0 Å².